The highest BCUT2D eigenvalue weighted by Crippen LogP contribution is 2.17. The topological polar surface area (TPSA) is 41.6 Å². The Hall–Kier alpha value is -1.38. The lowest BCUT2D eigenvalue weighted by atomic mass is 10.1. The standard InChI is InChI=1S/C10H13N3/c1-6(2)8-4-5-9-10(11-8)7(3)12-13-9/h4-6H,1-3H3,(H,12,13). The summed E-state index contributed by atoms with van der Waals surface area (Å²) in [5.41, 5.74) is 4.10. The normalized spacial score (nSPS) is 11.4. The molecule has 0 atom stereocenters. The Kier molecular flexibility index (Phi) is 1.79. The van der Waals surface area contributed by atoms with Crippen LogP contribution in [0, 0.1) is 6.92 Å². The first-order valence-electron chi connectivity index (χ1n) is 4.50. The van der Waals surface area contributed by atoms with Crippen LogP contribution in [-0.4, -0.2) is 15.2 Å². The summed E-state index contributed by atoms with van der Waals surface area (Å²) in [6, 6.07) is 4.09. The summed E-state index contributed by atoms with van der Waals surface area (Å²) in [6.07, 6.45) is 0. The van der Waals surface area contributed by atoms with Crippen LogP contribution in [0.4, 0.5) is 0 Å². The Morgan fingerprint density at radius 3 is 2.77 bits per heavy atom. The van der Waals surface area contributed by atoms with Gasteiger partial charge >= 0.3 is 0 Å². The summed E-state index contributed by atoms with van der Waals surface area (Å²) in [5, 5.41) is 7.05. The van der Waals surface area contributed by atoms with Crippen molar-refractivity contribution in [1.82, 2.24) is 15.2 Å². The largest absolute Gasteiger partial charge is 0.276 e. The molecule has 0 aliphatic rings. The lowest BCUT2D eigenvalue weighted by Crippen LogP contribution is -1.91. The molecule has 0 amide bonds. The molecule has 2 heterocycles. The number of aromatic amines is 1. The van der Waals surface area contributed by atoms with Crippen LogP contribution in [0.3, 0.4) is 0 Å². The van der Waals surface area contributed by atoms with Gasteiger partial charge in [0.25, 0.3) is 0 Å². The van der Waals surface area contributed by atoms with Gasteiger partial charge in [-0.2, -0.15) is 5.10 Å². The molecule has 0 aliphatic carbocycles. The summed E-state index contributed by atoms with van der Waals surface area (Å²) in [6.45, 7) is 6.25. The molecule has 3 nitrogen and oxygen atoms in total. The molecule has 0 saturated heterocycles. The predicted molar refractivity (Wildman–Crippen MR) is 52.7 cm³/mol. The third-order valence-electron chi connectivity index (χ3n) is 2.20. The van der Waals surface area contributed by atoms with Gasteiger partial charge in [-0.05, 0) is 25.0 Å². The maximum absolute atomic E-state index is 4.54. The van der Waals surface area contributed by atoms with Crippen molar-refractivity contribution in [3.8, 4) is 0 Å². The first-order valence-corrected chi connectivity index (χ1v) is 4.50. The number of aromatic nitrogens is 3. The molecule has 2 aromatic rings. The molecular formula is C10H13N3. The van der Waals surface area contributed by atoms with Crippen LogP contribution in [0.25, 0.3) is 11.0 Å². The van der Waals surface area contributed by atoms with Gasteiger partial charge in [-0.1, -0.05) is 13.8 Å². The minimum Gasteiger partial charge on any atom is -0.276 e. The molecule has 1 N–H and O–H groups in total. The molecular weight excluding hydrogens is 162 g/mol. The molecule has 0 aromatic carbocycles. The molecule has 0 unspecified atom stereocenters. The minimum absolute atomic E-state index is 0.471. The summed E-state index contributed by atoms with van der Waals surface area (Å²) >= 11 is 0. The van der Waals surface area contributed by atoms with Crippen molar-refractivity contribution >= 4 is 11.0 Å². The molecule has 3 heteroatoms. The Morgan fingerprint density at radius 1 is 1.31 bits per heavy atom. The zero-order valence-electron chi connectivity index (χ0n) is 8.13. The molecule has 0 aliphatic heterocycles. The minimum atomic E-state index is 0.471. The fraction of sp³-hybridized carbons (Fsp3) is 0.400. The number of nitrogens with one attached hydrogen (secondary N) is 1. The highest BCUT2D eigenvalue weighted by atomic mass is 15.1. The van der Waals surface area contributed by atoms with E-state index >= 15 is 0 Å². The zero-order valence-corrected chi connectivity index (χ0v) is 8.13. The van der Waals surface area contributed by atoms with Gasteiger partial charge in [-0.15, -0.1) is 0 Å². The second-order valence-electron chi connectivity index (χ2n) is 3.60. The van der Waals surface area contributed by atoms with Gasteiger partial charge in [-0.3, -0.25) is 5.10 Å². The van der Waals surface area contributed by atoms with Gasteiger partial charge in [0.15, 0.2) is 0 Å². The predicted octanol–water partition coefficient (Wildman–Crippen LogP) is 2.39. The lowest BCUT2D eigenvalue weighted by Gasteiger charge is -2.02. The van der Waals surface area contributed by atoms with Crippen molar-refractivity contribution in [2.75, 3.05) is 0 Å². The Balaban J connectivity index is 2.66. The number of aryl methyl sites for hydroxylation is 1. The smallest absolute Gasteiger partial charge is 0.111 e. The molecule has 0 spiro atoms. The summed E-state index contributed by atoms with van der Waals surface area (Å²) in [4.78, 5) is 4.54. The van der Waals surface area contributed by atoms with Crippen molar-refractivity contribution < 1.29 is 0 Å². The number of fused-ring (bicyclic) bond motifs is 1. The van der Waals surface area contributed by atoms with E-state index in [-0.39, 0.29) is 0 Å². The molecule has 68 valence electrons. The Morgan fingerprint density at radius 2 is 2.08 bits per heavy atom. The van der Waals surface area contributed by atoms with Crippen LogP contribution in [0.15, 0.2) is 12.1 Å². The number of rotatable bonds is 1. The number of nitrogens with zero attached hydrogens (tertiary/aromatic N) is 2. The first-order chi connectivity index (χ1) is 6.18. The molecule has 0 saturated carbocycles. The van der Waals surface area contributed by atoms with Gasteiger partial charge < -0.3 is 0 Å². The fourth-order valence-corrected chi connectivity index (χ4v) is 1.36. The average Bonchev–Trinajstić information content (AvgIpc) is 2.47. The van der Waals surface area contributed by atoms with E-state index in [2.05, 4.69) is 29.0 Å². The molecule has 0 fully saturated rings. The number of hydrogen-bond acceptors (Lipinski definition) is 2. The third kappa shape index (κ3) is 1.30. The molecule has 0 radical (unpaired) electrons. The van der Waals surface area contributed by atoms with E-state index in [1.807, 2.05) is 19.1 Å². The third-order valence-corrected chi connectivity index (χ3v) is 2.20. The van der Waals surface area contributed by atoms with E-state index in [1.165, 1.54) is 0 Å². The lowest BCUT2D eigenvalue weighted by molar-refractivity contribution is 0.829. The van der Waals surface area contributed by atoms with Crippen molar-refractivity contribution in [3.63, 3.8) is 0 Å². The number of pyridine rings is 1. The second kappa shape index (κ2) is 2.83. The van der Waals surface area contributed by atoms with Gasteiger partial charge in [0.05, 0.1) is 11.2 Å². The van der Waals surface area contributed by atoms with Gasteiger partial charge in [0.1, 0.15) is 5.52 Å². The summed E-state index contributed by atoms with van der Waals surface area (Å²) < 4.78 is 0. The summed E-state index contributed by atoms with van der Waals surface area (Å²) in [7, 11) is 0. The molecule has 2 aromatic heterocycles. The quantitative estimate of drug-likeness (QED) is 0.723. The van der Waals surface area contributed by atoms with Crippen LogP contribution >= 0.6 is 0 Å². The average molecular weight is 175 g/mol. The number of H-pyrrole nitrogens is 1. The van der Waals surface area contributed by atoms with Gasteiger partial charge in [-0.25, -0.2) is 4.98 Å². The molecule has 0 bridgehead atoms. The Bertz CT molecular complexity index is 429. The van der Waals surface area contributed by atoms with Crippen LogP contribution in [0.2, 0.25) is 0 Å². The van der Waals surface area contributed by atoms with Crippen LogP contribution < -0.4 is 0 Å². The van der Waals surface area contributed by atoms with E-state index in [4.69, 9.17) is 0 Å². The van der Waals surface area contributed by atoms with Crippen LogP contribution in [-0.2, 0) is 0 Å². The maximum Gasteiger partial charge on any atom is 0.111 e. The SMILES string of the molecule is Cc1n[nH]c2ccc(C(C)C)nc12. The molecule has 13 heavy (non-hydrogen) atoms. The van der Waals surface area contributed by atoms with Crippen LogP contribution in [0.5, 0.6) is 0 Å². The summed E-state index contributed by atoms with van der Waals surface area (Å²) in [5.74, 6) is 0.471. The maximum atomic E-state index is 4.54. The van der Waals surface area contributed by atoms with E-state index in [1.54, 1.807) is 0 Å². The van der Waals surface area contributed by atoms with E-state index in [9.17, 15) is 0 Å². The van der Waals surface area contributed by atoms with Crippen molar-refractivity contribution in [1.29, 1.82) is 0 Å². The molecule has 2 rings (SSSR count). The van der Waals surface area contributed by atoms with Crippen molar-refractivity contribution in [3.05, 3.63) is 23.5 Å². The first kappa shape index (κ1) is 8.23. The van der Waals surface area contributed by atoms with E-state index < -0.39 is 0 Å². The highest BCUT2D eigenvalue weighted by molar-refractivity contribution is 5.76. The fourth-order valence-electron chi connectivity index (χ4n) is 1.36. The second-order valence-corrected chi connectivity index (χ2v) is 3.60. The van der Waals surface area contributed by atoms with Crippen LogP contribution in [0.1, 0.15) is 31.2 Å². The van der Waals surface area contributed by atoms with Gasteiger partial charge in [0.2, 0.25) is 0 Å². The monoisotopic (exact) mass is 175 g/mol. The Labute approximate surface area is 77.2 Å². The highest BCUT2D eigenvalue weighted by Gasteiger charge is 2.05. The zero-order chi connectivity index (χ0) is 9.42. The van der Waals surface area contributed by atoms with Crippen molar-refractivity contribution in [2.45, 2.75) is 26.7 Å². The van der Waals surface area contributed by atoms with E-state index in [0.29, 0.717) is 5.92 Å². The number of hydrogen-bond donors (Lipinski definition) is 1. The van der Waals surface area contributed by atoms with Crippen molar-refractivity contribution in [2.24, 2.45) is 0 Å². The van der Waals surface area contributed by atoms with Gasteiger partial charge in [0, 0.05) is 5.69 Å². The van der Waals surface area contributed by atoms with E-state index in [0.717, 1.165) is 22.4 Å².